The van der Waals surface area contributed by atoms with E-state index in [2.05, 4.69) is 20.8 Å². The van der Waals surface area contributed by atoms with Crippen LogP contribution in [-0.2, 0) is 6.54 Å². The first-order valence-corrected chi connectivity index (χ1v) is 6.11. The number of tetrazole rings is 1. The average molecular weight is 275 g/mol. The van der Waals surface area contributed by atoms with Gasteiger partial charge in [0.2, 0.25) is 0 Å². The molecule has 0 atom stereocenters. The molecule has 104 valence electrons. The minimum Gasteiger partial charge on any atom is -0.437 e. The summed E-state index contributed by atoms with van der Waals surface area (Å²) in [7, 11) is -0.623. The number of hydrogen-bond acceptors (Lipinski definition) is 7. The predicted octanol–water partition coefficient (Wildman–Crippen LogP) is -0.408. The topological polar surface area (TPSA) is 102 Å². The fourth-order valence-electron chi connectivity index (χ4n) is 1.51. The summed E-state index contributed by atoms with van der Waals surface area (Å²) in [5, 5.41) is 22.7. The highest BCUT2D eigenvalue weighted by Gasteiger charge is 2.14. The van der Waals surface area contributed by atoms with E-state index < -0.39 is 13.0 Å². The third-order valence-corrected chi connectivity index (χ3v) is 2.46. The molecule has 8 nitrogen and oxygen atoms in total. The van der Waals surface area contributed by atoms with E-state index in [-0.39, 0.29) is 6.01 Å². The molecule has 0 fully saturated rings. The summed E-state index contributed by atoms with van der Waals surface area (Å²) in [6.07, 6.45) is 0. The Labute approximate surface area is 115 Å². The molecular weight excluding hydrogens is 261 g/mol. The van der Waals surface area contributed by atoms with Crippen molar-refractivity contribution in [3.05, 3.63) is 35.9 Å². The van der Waals surface area contributed by atoms with Crippen molar-refractivity contribution in [3.63, 3.8) is 0 Å². The van der Waals surface area contributed by atoms with E-state index in [4.69, 9.17) is 9.76 Å². The van der Waals surface area contributed by atoms with Crippen molar-refractivity contribution < 1.29 is 14.6 Å². The van der Waals surface area contributed by atoms with Gasteiger partial charge in [-0.25, -0.2) is 4.79 Å². The zero-order chi connectivity index (χ0) is 14.4. The first-order chi connectivity index (χ1) is 9.66. The van der Waals surface area contributed by atoms with Gasteiger partial charge in [-0.15, -0.1) is 0 Å². The summed E-state index contributed by atoms with van der Waals surface area (Å²) < 4.78 is 6.47. The number of rotatable bonds is 6. The van der Waals surface area contributed by atoms with Crippen molar-refractivity contribution >= 4 is 13.0 Å². The number of carbonyl (C=O) groups excluding carboxylic acids is 1. The van der Waals surface area contributed by atoms with Crippen LogP contribution in [0, 0.1) is 0 Å². The van der Waals surface area contributed by atoms with Gasteiger partial charge < -0.3 is 15.0 Å². The molecule has 2 rings (SSSR count). The Kier molecular flexibility index (Phi) is 4.80. The van der Waals surface area contributed by atoms with E-state index in [9.17, 15) is 4.79 Å². The maximum atomic E-state index is 11.9. The summed E-state index contributed by atoms with van der Waals surface area (Å²) in [5.74, 6) is -0.523. The van der Waals surface area contributed by atoms with E-state index in [1.807, 2.05) is 6.07 Å². The second-order valence-electron chi connectivity index (χ2n) is 4.07. The first kappa shape index (κ1) is 14.2. The largest absolute Gasteiger partial charge is 0.437 e. The van der Waals surface area contributed by atoms with Crippen molar-refractivity contribution in [2.75, 3.05) is 6.54 Å². The van der Waals surface area contributed by atoms with Crippen molar-refractivity contribution in [2.24, 2.45) is 0 Å². The maximum absolute atomic E-state index is 11.9. The van der Waals surface area contributed by atoms with Gasteiger partial charge in [0.1, 0.15) is 0 Å². The van der Waals surface area contributed by atoms with E-state index >= 15 is 0 Å². The fourth-order valence-corrected chi connectivity index (χ4v) is 1.51. The molecular formula is C11H14BN5O3. The van der Waals surface area contributed by atoms with Crippen LogP contribution in [0.15, 0.2) is 30.3 Å². The third kappa shape index (κ3) is 3.87. The molecule has 1 aromatic carbocycles. The molecule has 0 aliphatic heterocycles. The van der Waals surface area contributed by atoms with Gasteiger partial charge in [0.05, 0.1) is 12.1 Å². The highest BCUT2D eigenvalue weighted by molar-refractivity contribution is 6.45. The lowest BCUT2D eigenvalue weighted by atomic mass is 9.89. The molecule has 0 radical (unpaired) electrons. The second kappa shape index (κ2) is 6.78. The van der Waals surface area contributed by atoms with Crippen LogP contribution >= 0.6 is 0 Å². The zero-order valence-corrected chi connectivity index (χ0v) is 10.9. The molecule has 0 unspecified atom stereocenters. The number of nitrogens with zero attached hydrogens (tertiary/aromatic N) is 4. The Bertz CT molecular complexity index is 560. The summed E-state index contributed by atoms with van der Waals surface area (Å²) in [6, 6.07) is 8.60. The number of ether oxygens (including phenoxy) is 1. The summed E-state index contributed by atoms with van der Waals surface area (Å²) in [5.41, 5.74) is 0.421. The SMILES string of the molecule is CB(O)NCCn1nnnc1OC(=O)c1ccccc1. The number of nitrogens with one attached hydrogen (secondary N) is 1. The molecule has 20 heavy (non-hydrogen) atoms. The third-order valence-electron chi connectivity index (χ3n) is 2.46. The zero-order valence-electron chi connectivity index (χ0n) is 10.9. The molecule has 0 saturated heterocycles. The Morgan fingerprint density at radius 3 is 2.90 bits per heavy atom. The molecule has 0 amide bonds. The van der Waals surface area contributed by atoms with Crippen LogP contribution in [-0.4, -0.2) is 44.8 Å². The maximum Gasteiger partial charge on any atom is 0.373 e. The molecule has 0 aliphatic carbocycles. The van der Waals surface area contributed by atoms with Gasteiger partial charge >= 0.3 is 19.0 Å². The molecule has 0 spiro atoms. The van der Waals surface area contributed by atoms with Gasteiger partial charge in [-0.1, -0.05) is 23.3 Å². The molecule has 0 saturated carbocycles. The highest BCUT2D eigenvalue weighted by atomic mass is 16.6. The van der Waals surface area contributed by atoms with Crippen LogP contribution in [0.2, 0.25) is 6.82 Å². The Balaban J connectivity index is 1.96. The molecule has 1 aromatic heterocycles. The van der Waals surface area contributed by atoms with Crippen LogP contribution in [0.5, 0.6) is 6.01 Å². The van der Waals surface area contributed by atoms with Crippen LogP contribution in [0.3, 0.4) is 0 Å². The minimum absolute atomic E-state index is 0.0197. The summed E-state index contributed by atoms with van der Waals surface area (Å²) in [6.45, 7) is 2.42. The quantitative estimate of drug-likeness (QED) is 0.545. The lowest BCUT2D eigenvalue weighted by molar-refractivity contribution is 0.0709. The van der Waals surface area contributed by atoms with Crippen molar-refractivity contribution in [3.8, 4) is 6.01 Å². The second-order valence-corrected chi connectivity index (χ2v) is 4.07. The minimum atomic E-state index is -0.623. The number of benzene rings is 1. The van der Waals surface area contributed by atoms with Gasteiger partial charge in [-0.2, -0.15) is 4.68 Å². The van der Waals surface area contributed by atoms with E-state index in [1.165, 1.54) is 4.68 Å². The first-order valence-electron chi connectivity index (χ1n) is 6.11. The fraction of sp³-hybridized carbons (Fsp3) is 0.273. The molecule has 9 heteroatoms. The smallest absolute Gasteiger partial charge is 0.373 e. The van der Waals surface area contributed by atoms with Gasteiger partial charge in [0, 0.05) is 6.54 Å². The predicted molar refractivity (Wildman–Crippen MR) is 71.1 cm³/mol. The lowest BCUT2D eigenvalue weighted by Gasteiger charge is -2.06. The van der Waals surface area contributed by atoms with Gasteiger partial charge in [0.15, 0.2) is 0 Å². The number of aromatic nitrogens is 4. The number of esters is 1. The van der Waals surface area contributed by atoms with E-state index in [1.54, 1.807) is 31.1 Å². The molecule has 1 heterocycles. The van der Waals surface area contributed by atoms with Crippen LogP contribution in [0.25, 0.3) is 0 Å². The molecule has 2 N–H and O–H groups in total. The van der Waals surface area contributed by atoms with Crippen molar-refractivity contribution in [2.45, 2.75) is 13.4 Å². The molecule has 2 aromatic rings. The number of carbonyl (C=O) groups is 1. The van der Waals surface area contributed by atoms with Crippen LogP contribution in [0.1, 0.15) is 10.4 Å². The standard InChI is InChI=1S/C11H14BN5O3/c1-12(19)13-7-8-17-11(14-15-16-17)20-10(18)9-5-3-2-4-6-9/h2-6,13,19H,7-8H2,1H3. The van der Waals surface area contributed by atoms with Crippen molar-refractivity contribution in [1.82, 2.24) is 25.4 Å². The van der Waals surface area contributed by atoms with Crippen LogP contribution in [0.4, 0.5) is 0 Å². The summed E-state index contributed by atoms with van der Waals surface area (Å²) in [4.78, 5) is 11.9. The van der Waals surface area contributed by atoms with Crippen LogP contribution < -0.4 is 9.96 Å². The summed E-state index contributed by atoms with van der Waals surface area (Å²) >= 11 is 0. The van der Waals surface area contributed by atoms with Gasteiger partial charge in [0.25, 0.3) is 0 Å². The lowest BCUT2D eigenvalue weighted by Crippen LogP contribution is -2.33. The van der Waals surface area contributed by atoms with Crippen molar-refractivity contribution in [1.29, 1.82) is 0 Å². The normalized spacial score (nSPS) is 10.3. The Hall–Kier alpha value is -2.26. The molecule has 0 aliphatic rings. The van der Waals surface area contributed by atoms with Gasteiger partial charge in [-0.3, -0.25) is 0 Å². The van der Waals surface area contributed by atoms with Gasteiger partial charge in [-0.05, 0) is 29.4 Å². The van der Waals surface area contributed by atoms with E-state index in [0.717, 1.165) is 0 Å². The monoisotopic (exact) mass is 275 g/mol. The molecule has 0 bridgehead atoms. The number of hydrogen-bond donors (Lipinski definition) is 2. The average Bonchev–Trinajstić information content (AvgIpc) is 2.87. The van der Waals surface area contributed by atoms with E-state index in [0.29, 0.717) is 18.7 Å². The highest BCUT2D eigenvalue weighted by Crippen LogP contribution is 2.07. The Morgan fingerprint density at radius 2 is 2.20 bits per heavy atom. The Morgan fingerprint density at radius 1 is 1.45 bits per heavy atom.